The van der Waals surface area contributed by atoms with Crippen molar-refractivity contribution in [3.63, 3.8) is 0 Å². The quantitative estimate of drug-likeness (QED) is 0.575. The zero-order chi connectivity index (χ0) is 17.2. The van der Waals surface area contributed by atoms with Gasteiger partial charge in [-0.3, -0.25) is 4.79 Å². The second-order valence-electron chi connectivity index (χ2n) is 6.08. The number of nitrogens with zero attached hydrogens (tertiary/aromatic N) is 2. The molecular formula is C17H20N6OS. The van der Waals surface area contributed by atoms with E-state index >= 15 is 0 Å². The first kappa shape index (κ1) is 16.0. The molecule has 0 spiro atoms. The van der Waals surface area contributed by atoms with Crippen LogP contribution < -0.4 is 16.0 Å². The average molecular weight is 356 g/mol. The van der Waals surface area contributed by atoms with Gasteiger partial charge in [0, 0.05) is 37.4 Å². The van der Waals surface area contributed by atoms with Crippen molar-refractivity contribution in [3.8, 4) is 10.6 Å². The fourth-order valence-electron chi connectivity index (χ4n) is 3.13. The number of aromatic nitrogens is 3. The molecular weight excluding hydrogens is 336 g/mol. The van der Waals surface area contributed by atoms with Gasteiger partial charge in [0.25, 0.3) is 5.91 Å². The van der Waals surface area contributed by atoms with Crippen molar-refractivity contribution < 1.29 is 4.79 Å². The number of aromatic amines is 1. The summed E-state index contributed by atoms with van der Waals surface area (Å²) >= 11 is 1.38. The number of pyridine rings is 1. The monoisotopic (exact) mass is 356 g/mol. The van der Waals surface area contributed by atoms with E-state index in [1.807, 2.05) is 18.5 Å². The number of thiazole rings is 1. The highest BCUT2D eigenvalue weighted by atomic mass is 32.1. The SMILES string of the molecule is CNC(=O)c1cnc(-c2cnc3[nH]ccc3c2N[C@@H]2CCCNC2)s1. The normalized spacial score (nSPS) is 17.6. The van der Waals surface area contributed by atoms with Crippen molar-refractivity contribution in [3.05, 3.63) is 29.5 Å². The van der Waals surface area contributed by atoms with Crippen LogP contribution in [-0.2, 0) is 0 Å². The van der Waals surface area contributed by atoms with E-state index in [-0.39, 0.29) is 5.91 Å². The Morgan fingerprint density at radius 1 is 1.36 bits per heavy atom. The number of fused-ring (bicyclic) bond motifs is 1. The number of anilines is 1. The fourth-order valence-corrected chi connectivity index (χ4v) is 4.01. The van der Waals surface area contributed by atoms with Crippen LogP contribution in [0.4, 0.5) is 5.69 Å². The predicted octanol–water partition coefficient (Wildman–Crippen LogP) is 2.21. The van der Waals surface area contributed by atoms with Crippen LogP contribution in [-0.4, -0.2) is 47.0 Å². The minimum atomic E-state index is -0.120. The molecule has 1 atom stereocenters. The first-order chi connectivity index (χ1) is 12.3. The summed E-state index contributed by atoms with van der Waals surface area (Å²) in [6.07, 6.45) is 7.62. The van der Waals surface area contributed by atoms with Gasteiger partial charge >= 0.3 is 0 Å². The summed E-state index contributed by atoms with van der Waals surface area (Å²) in [5, 5.41) is 11.6. The number of nitrogens with one attached hydrogen (secondary N) is 4. The third kappa shape index (κ3) is 3.10. The zero-order valence-corrected chi connectivity index (χ0v) is 14.7. The minimum absolute atomic E-state index is 0.120. The van der Waals surface area contributed by atoms with Gasteiger partial charge in [-0.25, -0.2) is 9.97 Å². The van der Waals surface area contributed by atoms with E-state index in [4.69, 9.17) is 0 Å². The van der Waals surface area contributed by atoms with Gasteiger partial charge in [0.15, 0.2) is 0 Å². The van der Waals surface area contributed by atoms with Gasteiger partial charge in [0.1, 0.15) is 15.5 Å². The summed E-state index contributed by atoms with van der Waals surface area (Å²) < 4.78 is 0. The lowest BCUT2D eigenvalue weighted by Gasteiger charge is -2.26. The molecule has 1 amide bonds. The van der Waals surface area contributed by atoms with Crippen LogP contribution >= 0.6 is 11.3 Å². The van der Waals surface area contributed by atoms with E-state index < -0.39 is 0 Å². The van der Waals surface area contributed by atoms with Crippen molar-refractivity contribution in [2.45, 2.75) is 18.9 Å². The molecule has 4 heterocycles. The second-order valence-corrected chi connectivity index (χ2v) is 7.11. The van der Waals surface area contributed by atoms with Crippen molar-refractivity contribution in [2.75, 3.05) is 25.5 Å². The van der Waals surface area contributed by atoms with Gasteiger partial charge in [-0.15, -0.1) is 11.3 Å². The summed E-state index contributed by atoms with van der Waals surface area (Å²) in [7, 11) is 1.62. The van der Waals surface area contributed by atoms with Crippen molar-refractivity contribution >= 4 is 34.0 Å². The molecule has 25 heavy (non-hydrogen) atoms. The minimum Gasteiger partial charge on any atom is -0.380 e. The van der Waals surface area contributed by atoms with E-state index in [1.54, 1.807) is 13.2 Å². The number of amides is 1. The number of carbonyl (C=O) groups excluding carboxylic acids is 1. The highest BCUT2D eigenvalue weighted by Gasteiger charge is 2.20. The van der Waals surface area contributed by atoms with Crippen molar-refractivity contribution in [1.29, 1.82) is 0 Å². The summed E-state index contributed by atoms with van der Waals surface area (Å²) in [5.74, 6) is -0.120. The molecule has 1 saturated heterocycles. The lowest BCUT2D eigenvalue weighted by Crippen LogP contribution is -2.38. The molecule has 7 nitrogen and oxygen atoms in total. The molecule has 130 valence electrons. The van der Waals surface area contributed by atoms with Gasteiger partial charge in [-0.2, -0.15) is 0 Å². The Kier molecular flexibility index (Phi) is 4.37. The molecule has 1 aliphatic rings. The Labute approximate surface area is 149 Å². The Morgan fingerprint density at radius 2 is 2.28 bits per heavy atom. The van der Waals surface area contributed by atoms with Crippen LogP contribution in [0.1, 0.15) is 22.5 Å². The highest BCUT2D eigenvalue weighted by Crippen LogP contribution is 2.36. The van der Waals surface area contributed by atoms with E-state index in [0.29, 0.717) is 10.9 Å². The number of rotatable bonds is 4. The molecule has 3 aromatic heterocycles. The third-order valence-corrected chi connectivity index (χ3v) is 5.45. The summed E-state index contributed by atoms with van der Waals surface area (Å²) in [6, 6.07) is 2.39. The maximum Gasteiger partial charge on any atom is 0.262 e. The molecule has 4 N–H and O–H groups in total. The van der Waals surface area contributed by atoms with Crippen LogP contribution in [0.25, 0.3) is 21.6 Å². The molecule has 3 aromatic rings. The largest absolute Gasteiger partial charge is 0.380 e. The van der Waals surface area contributed by atoms with E-state index in [2.05, 4.69) is 30.9 Å². The standard InChI is InChI=1S/C17H20N6OS/c1-18-16(24)13-9-22-17(25-13)12-8-21-15-11(4-6-20-15)14(12)23-10-3-2-5-19-7-10/h4,6,8-10,19H,2-3,5,7H2,1H3,(H,18,24)(H2,20,21,23)/t10-/m1/s1. The van der Waals surface area contributed by atoms with Crippen LogP contribution in [0.3, 0.4) is 0 Å². The molecule has 0 bridgehead atoms. The number of hydrogen-bond acceptors (Lipinski definition) is 6. The van der Waals surface area contributed by atoms with E-state index in [0.717, 1.165) is 53.2 Å². The van der Waals surface area contributed by atoms with Crippen LogP contribution in [0.15, 0.2) is 24.7 Å². The Balaban J connectivity index is 1.75. The Morgan fingerprint density at radius 3 is 3.08 bits per heavy atom. The van der Waals surface area contributed by atoms with Gasteiger partial charge in [0.05, 0.1) is 17.4 Å². The lowest BCUT2D eigenvalue weighted by molar-refractivity contribution is 0.0967. The first-order valence-corrected chi connectivity index (χ1v) is 9.19. The second kappa shape index (κ2) is 6.81. The Bertz CT molecular complexity index is 896. The molecule has 0 unspecified atom stereocenters. The molecule has 8 heteroatoms. The third-order valence-electron chi connectivity index (χ3n) is 4.42. The summed E-state index contributed by atoms with van der Waals surface area (Å²) in [6.45, 7) is 2.01. The van der Waals surface area contributed by atoms with Crippen LogP contribution in [0.2, 0.25) is 0 Å². The highest BCUT2D eigenvalue weighted by molar-refractivity contribution is 7.17. The number of hydrogen-bond donors (Lipinski definition) is 4. The smallest absolute Gasteiger partial charge is 0.262 e. The summed E-state index contributed by atoms with van der Waals surface area (Å²) in [5.41, 5.74) is 2.80. The lowest BCUT2D eigenvalue weighted by atomic mass is 10.1. The van der Waals surface area contributed by atoms with Crippen molar-refractivity contribution in [1.82, 2.24) is 25.6 Å². The number of carbonyl (C=O) groups is 1. The average Bonchev–Trinajstić information content (AvgIpc) is 3.31. The van der Waals surface area contributed by atoms with Crippen LogP contribution in [0.5, 0.6) is 0 Å². The molecule has 0 radical (unpaired) electrons. The molecule has 1 aliphatic heterocycles. The topological polar surface area (TPSA) is 94.7 Å². The maximum atomic E-state index is 11.8. The molecule has 0 aliphatic carbocycles. The molecule has 1 fully saturated rings. The Hall–Kier alpha value is -2.45. The number of piperidine rings is 1. The van der Waals surface area contributed by atoms with Gasteiger partial charge in [-0.1, -0.05) is 0 Å². The molecule has 0 aromatic carbocycles. The van der Waals surface area contributed by atoms with E-state index in [9.17, 15) is 4.79 Å². The van der Waals surface area contributed by atoms with Gasteiger partial charge in [-0.05, 0) is 25.5 Å². The first-order valence-electron chi connectivity index (χ1n) is 8.38. The van der Waals surface area contributed by atoms with Crippen LogP contribution in [0, 0.1) is 0 Å². The van der Waals surface area contributed by atoms with E-state index in [1.165, 1.54) is 11.3 Å². The maximum absolute atomic E-state index is 11.8. The van der Waals surface area contributed by atoms with Gasteiger partial charge in [0.2, 0.25) is 0 Å². The predicted molar refractivity (Wildman–Crippen MR) is 100 cm³/mol. The molecule has 4 rings (SSSR count). The van der Waals surface area contributed by atoms with Crippen molar-refractivity contribution in [2.24, 2.45) is 0 Å². The van der Waals surface area contributed by atoms with Gasteiger partial charge < -0.3 is 20.9 Å². The summed E-state index contributed by atoms with van der Waals surface area (Å²) in [4.78, 5) is 24.6. The fraction of sp³-hybridized carbons (Fsp3) is 0.353. The molecule has 0 saturated carbocycles. The number of H-pyrrole nitrogens is 1. The zero-order valence-electron chi connectivity index (χ0n) is 13.9.